The zero-order valence-corrected chi connectivity index (χ0v) is 16.9. The fraction of sp³-hybridized carbons (Fsp3) is 0.227. The molecule has 144 valence electrons. The minimum absolute atomic E-state index is 0.243. The molecule has 0 aliphatic carbocycles. The molecule has 0 aliphatic heterocycles. The van der Waals surface area contributed by atoms with Gasteiger partial charge in [-0.3, -0.25) is 4.79 Å². The number of halogens is 1. The highest BCUT2D eigenvalue weighted by atomic mass is 35.5. The van der Waals surface area contributed by atoms with E-state index >= 15 is 0 Å². The van der Waals surface area contributed by atoms with Crippen LogP contribution in [0.4, 0.5) is 5.82 Å². The summed E-state index contributed by atoms with van der Waals surface area (Å²) in [6.07, 6.45) is 0. The van der Waals surface area contributed by atoms with E-state index < -0.39 is 0 Å². The maximum absolute atomic E-state index is 12.7. The average molecular weight is 395 g/mol. The molecule has 6 heteroatoms. The minimum Gasteiger partial charge on any atom is -0.366 e. The maximum Gasteiger partial charge on any atom is 0.270 e. The Morgan fingerprint density at radius 3 is 2.36 bits per heavy atom. The molecule has 0 bridgehead atoms. The summed E-state index contributed by atoms with van der Waals surface area (Å²) in [7, 11) is 0. The molecule has 0 atom stereocenters. The smallest absolute Gasteiger partial charge is 0.270 e. The summed E-state index contributed by atoms with van der Waals surface area (Å²) in [5.41, 5.74) is 1.74. The monoisotopic (exact) mass is 394 g/mol. The van der Waals surface area contributed by atoms with Crippen LogP contribution >= 0.6 is 11.6 Å². The summed E-state index contributed by atoms with van der Waals surface area (Å²) in [5.74, 6) is 0.810. The van der Waals surface area contributed by atoms with Crippen LogP contribution in [0.3, 0.4) is 0 Å². The lowest BCUT2D eigenvalue weighted by atomic mass is 10.1. The average Bonchev–Trinajstić information content (AvgIpc) is 2.66. The molecule has 0 aliphatic rings. The van der Waals surface area contributed by atoms with E-state index in [1.165, 1.54) is 0 Å². The Bertz CT molecular complexity index is 968. The zero-order valence-electron chi connectivity index (χ0n) is 16.2. The Kier molecular flexibility index (Phi) is 5.95. The van der Waals surface area contributed by atoms with Gasteiger partial charge in [0.15, 0.2) is 5.82 Å². The van der Waals surface area contributed by atoms with Gasteiger partial charge >= 0.3 is 0 Å². The number of rotatable bonds is 5. The SMILES string of the molecule is CC(C)(C)NC(=O)c1cc(NCc2ccccc2Cl)nc(-c2ccccc2)n1. The molecule has 3 rings (SSSR count). The number of carbonyl (C=O) groups is 1. The number of hydrogen-bond donors (Lipinski definition) is 2. The molecule has 28 heavy (non-hydrogen) atoms. The van der Waals surface area contributed by atoms with Crippen molar-refractivity contribution in [1.82, 2.24) is 15.3 Å². The summed E-state index contributed by atoms with van der Waals surface area (Å²) in [5, 5.41) is 6.88. The van der Waals surface area contributed by atoms with Gasteiger partial charge in [0.05, 0.1) is 0 Å². The van der Waals surface area contributed by atoms with Crippen LogP contribution in [0, 0.1) is 0 Å². The van der Waals surface area contributed by atoms with Gasteiger partial charge < -0.3 is 10.6 Å². The van der Waals surface area contributed by atoms with Gasteiger partial charge in [-0.25, -0.2) is 9.97 Å². The van der Waals surface area contributed by atoms with E-state index in [1.54, 1.807) is 6.07 Å². The van der Waals surface area contributed by atoms with Gasteiger partial charge in [0.2, 0.25) is 0 Å². The van der Waals surface area contributed by atoms with Crippen molar-refractivity contribution in [3.63, 3.8) is 0 Å². The lowest BCUT2D eigenvalue weighted by Crippen LogP contribution is -2.41. The number of hydrogen-bond acceptors (Lipinski definition) is 4. The fourth-order valence-corrected chi connectivity index (χ4v) is 2.81. The highest BCUT2D eigenvalue weighted by Crippen LogP contribution is 2.20. The first-order valence-corrected chi connectivity index (χ1v) is 9.44. The zero-order chi connectivity index (χ0) is 20.1. The Hall–Kier alpha value is -2.92. The summed E-state index contributed by atoms with van der Waals surface area (Å²) < 4.78 is 0. The van der Waals surface area contributed by atoms with Crippen molar-refractivity contribution in [3.8, 4) is 11.4 Å². The van der Waals surface area contributed by atoms with Crippen LogP contribution in [0.1, 0.15) is 36.8 Å². The molecule has 0 saturated carbocycles. The molecule has 1 amide bonds. The molecule has 3 aromatic rings. The summed E-state index contributed by atoms with van der Waals surface area (Å²) >= 11 is 6.24. The van der Waals surface area contributed by atoms with E-state index in [0.29, 0.717) is 28.9 Å². The topological polar surface area (TPSA) is 66.9 Å². The predicted octanol–water partition coefficient (Wildman–Crippen LogP) is 4.94. The summed E-state index contributed by atoms with van der Waals surface area (Å²) in [4.78, 5) is 21.7. The highest BCUT2D eigenvalue weighted by molar-refractivity contribution is 6.31. The van der Waals surface area contributed by atoms with Gasteiger partial charge in [-0.2, -0.15) is 0 Å². The number of amides is 1. The highest BCUT2D eigenvalue weighted by Gasteiger charge is 2.18. The Morgan fingerprint density at radius 1 is 1.00 bits per heavy atom. The number of nitrogens with zero attached hydrogens (tertiary/aromatic N) is 2. The first-order chi connectivity index (χ1) is 13.3. The molecule has 1 heterocycles. The van der Waals surface area contributed by atoms with E-state index in [-0.39, 0.29) is 11.4 Å². The number of aromatic nitrogens is 2. The van der Waals surface area contributed by atoms with Crippen LogP contribution in [0.15, 0.2) is 60.7 Å². The van der Waals surface area contributed by atoms with Gasteiger partial charge in [0.25, 0.3) is 5.91 Å². The van der Waals surface area contributed by atoms with Crippen LogP contribution in [-0.2, 0) is 6.54 Å². The van der Waals surface area contributed by atoms with Crippen LogP contribution in [0.2, 0.25) is 5.02 Å². The second kappa shape index (κ2) is 8.40. The second-order valence-electron chi connectivity index (χ2n) is 7.48. The van der Waals surface area contributed by atoms with Crippen molar-refractivity contribution in [2.45, 2.75) is 32.9 Å². The summed E-state index contributed by atoms with van der Waals surface area (Å²) in [6, 6.07) is 18.9. The lowest BCUT2D eigenvalue weighted by molar-refractivity contribution is 0.0914. The van der Waals surface area contributed by atoms with Crippen molar-refractivity contribution < 1.29 is 4.79 Å². The quantitative estimate of drug-likeness (QED) is 0.643. The molecule has 0 unspecified atom stereocenters. The van der Waals surface area contributed by atoms with Crippen LogP contribution in [-0.4, -0.2) is 21.4 Å². The van der Waals surface area contributed by atoms with Crippen molar-refractivity contribution in [3.05, 3.63) is 76.9 Å². The molecule has 2 aromatic carbocycles. The standard InChI is InChI=1S/C22H23ClN4O/c1-22(2,3)27-21(28)18-13-19(24-14-16-11-7-8-12-17(16)23)26-20(25-18)15-9-5-4-6-10-15/h4-13H,14H2,1-3H3,(H,27,28)(H,24,25,26). The number of anilines is 1. The third-order valence-electron chi connectivity index (χ3n) is 3.90. The molecule has 5 nitrogen and oxygen atoms in total. The third-order valence-corrected chi connectivity index (χ3v) is 4.27. The molecule has 0 radical (unpaired) electrons. The van der Waals surface area contributed by atoms with Gasteiger partial charge in [0, 0.05) is 28.7 Å². The largest absolute Gasteiger partial charge is 0.366 e. The van der Waals surface area contributed by atoms with Gasteiger partial charge in [-0.1, -0.05) is 60.1 Å². The van der Waals surface area contributed by atoms with E-state index in [1.807, 2.05) is 75.4 Å². The minimum atomic E-state index is -0.361. The third kappa shape index (κ3) is 5.30. The van der Waals surface area contributed by atoms with Crippen molar-refractivity contribution in [2.75, 3.05) is 5.32 Å². The van der Waals surface area contributed by atoms with Crippen molar-refractivity contribution in [1.29, 1.82) is 0 Å². The molecule has 2 N–H and O–H groups in total. The van der Waals surface area contributed by atoms with Gasteiger partial charge in [-0.15, -0.1) is 0 Å². The van der Waals surface area contributed by atoms with Crippen molar-refractivity contribution >= 4 is 23.3 Å². The number of nitrogens with one attached hydrogen (secondary N) is 2. The number of carbonyl (C=O) groups excluding carboxylic acids is 1. The molecular formula is C22H23ClN4O. The second-order valence-corrected chi connectivity index (χ2v) is 7.88. The van der Waals surface area contributed by atoms with Gasteiger partial charge in [0.1, 0.15) is 11.5 Å². The first kappa shape index (κ1) is 19.8. The molecule has 0 fully saturated rings. The van der Waals surface area contributed by atoms with E-state index in [2.05, 4.69) is 20.6 Å². The Labute approximate surface area is 170 Å². The Balaban J connectivity index is 1.93. The molecular weight excluding hydrogens is 372 g/mol. The van der Waals surface area contributed by atoms with E-state index in [4.69, 9.17) is 11.6 Å². The summed E-state index contributed by atoms with van der Waals surface area (Å²) in [6.45, 7) is 6.29. The molecule has 0 spiro atoms. The van der Waals surface area contributed by atoms with Crippen LogP contribution < -0.4 is 10.6 Å². The predicted molar refractivity (Wildman–Crippen MR) is 113 cm³/mol. The lowest BCUT2D eigenvalue weighted by Gasteiger charge is -2.20. The molecule has 1 aromatic heterocycles. The Morgan fingerprint density at radius 2 is 1.68 bits per heavy atom. The van der Waals surface area contributed by atoms with Gasteiger partial charge in [-0.05, 0) is 32.4 Å². The van der Waals surface area contributed by atoms with E-state index in [9.17, 15) is 4.79 Å². The molecule has 0 saturated heterocycles. The van der Waals surface area contributed by atoms with Crippen molar-refractivity contribution in [2.24, 2.45) is 0 Å². The normalized spacial score (nSPS) is 11.1. The van der Waals surface area contributed by atoms with Crippen LogP contribution in [0.5, 0.6) is 0 Å². The maximum atomic E-state index is 12.7. The van der Waals surface area contributed by atoms with E-state index in [0.717, 1.165) is 11.1 Å². The first-order valence-electron chi connectivity index (χ1n) is 9.06. The number of benzene rings is 2. The fourth-order valence-electron chi connectivity index (χ4n) is 2.60. The van der Waals surface area contributed by atoms with Crippen LogP contribution in [0.25, 0.3) is 11.4 Å².